The number of anilines is 1. The topological polar surface area (TPSA) is 84.2 Å². The van der Waals surface area contributed by atoms with Crippen LogP contribution in [0, 0.1) is 0 Å². The molecule has 0 unspecified atom stereocenters. The summed E-state index contributed by atoms with van der Waals surface area (Å²) in [5, 5.41) is 17.1. The van der Waals surface area contributed by atoms with E-state index in [-0.39, 0.29) is 11.7 Å². The zero-order chi connectivity index (χ0) is 21.3. The quantitative estimate of drug-likeness (QED) is 0.252. The predicted octanol–water partition coefficient (Wildman–Crippen LogP) is 4.57. The fourth-order valence-corrected chi connectivity index (χ4v) is 3.72. The molecule has 3 rings (SSSR count). The van der Waals surface area contributed by atoms with E-state index in [1.165, 1.54) is 11.8 Å². The third-order valence-corrected chi connectivity index (χ3v) is 5.76. The number of benzene rings is 2. The number of rotatable bonds is 9. The number of nitrogens with zero attached hydrogens (tertiary/aromatic N) is 4. The summed E-state index contributed by atoms with van der Waals surface area (Å²) in [4.78, 5) is 12.1. The molecule has 0 aliphatic heterocycles. The van der Waals surface area contributed by atoms with E-state index in [1.54, 1.807) is 6.21 Å². The number of thioether (sulfide) groups is 1. The van der Waals surface area contributed by atoms with Crippen molar-refractivity contribution in [2.75, 3.05) is 11.1 Å². The maximum absolute atomic E-state index is 12.1. The van der Waals surface area contributed by atoms with E-state index in [9.17, 15) is 4.79 Å². The van der Waals surface area contributed by atoms with E-state index in [0.29, 0.717) is 23.3 Å². The fraction of sp³-hybridized carbons (Fsp3) is 0.200. The van der Waals surface area contributed by atoms with Gasteiger partial charge in [-0.2, -0.15) is 5.10 Å². The van der Waals surface area contributed by atoms with Crippen LogP contribution in [0.4, 0.5) is 5.69 Å². The molecule has 0 saturated heterocycles. The number of amides is 1. The Morgan fingerprint density at radius 3 is 2.63 bits per heavy atom. The number of hydrazone groups is 1. The summed E-state index contributed by atoms with van der Waals surface area (Å²) < 4.78 is 2.97. The summed E-state index contributed by atoms with van der Waals surface area (Å²) >= 11 is 10.6. The molecule has 3 aromatic rings. The molecule has 2 N–H and O–H groups in total. The van der Waals surface area contributed by atoms with Gasteiger partial charge in [-0.1, -0.05) is 51.4 Å². The van der Waals surface area contributed by atoms with E-state index in [1.807, 2.05) is 60.0 Å². The van der Waals surface area contributed by atoms with Crippen molar-refractivity contribution >= 4 is 57.1 Å². The van der Waals surface area contributed by atoms with E-state index in [0.717, 1.165) is 21.5 Å². The molecule has 0 fully saturated rings. The van der Waals surface area contributed by atoms with Gasteiger partial charge in [0.1, 0.15) is 0 Å². The number of aromatic nitrogens is 3. The highest BCUT2D eigenvalue weighted by Crippen LogP contribution is 2.18. The average molecular weight is 508 g/mol. The Kier molecular flexibility index (Phi) is 8.30. The van der Waals surface area contributed by atoms with Crippen LogP contribution < -0.4 is 10.7 Å². The Bertz CT molecular complexity index is 1010. The lowest BCUT2D eigenvalue weighted by molar-refractivity contribution is -0.118. The van der Waals surface area contributed by atoms with Crippen LogP contribution in [-0.4, -0.2) is 32.6 Å². The molecular formula is C20H20BrClN6OS. The van der Waals surface area contributed by atoms with Crippen LogP contribution in [0.2, 0.25) is 5.02 Å². The van der Waals surface area contributed by atoms with Gasteiger partial charge in [0.25, 0.3) is 5.91 Å². The molecule has 1 aromatic heterocycles. The number of hydrogen-bond acceptors (Lipinski definition) is 6. The van der Waals surface area contributed by atoms with Gasteiger partial charge in [0, 0.05) is 21.7 Å². The largest absolute Gasteiger partial charge is 0.378 e. The van der Waals surface area contributed by atoms with Crippen molar-refractivity contribution in [2.45, 2.75) is 25.2 Å². The second-order valence-electron chi connectivity index (χ2n) is 6.14. The van der Waals surface area contributed by atoms with Crippen molar-refractivity contribution in [3.8, 4) is 0 Å². The predicted molar refractivity (Wildman–Crippen MR) is 125 cm³/mol. The van der Waals surface area contributed by atoms with Crippen LogP contribution in [0.15, 0.2) is 63.3 Å². The minimum atomic E-state index is -0.208. The third kappa shape index (κ3) is 6.58. The van der Waals surface area contributed by atoms with Gasteiger partial charge in [-0.3, -0.25) is 4.79 Å². The number of hydrogen-bond donors (Lipinski definition) is 2. The smallest absolute Gasteiger partial charge is 0.250 e. The van der Waals surface area contributed by atoms with E-state index < -0.39 is 0 Å². The van der Waals surface area contributed by atoms with Crippen LogP contribution in [0.3, 0.4) is 0 Å². The molecular weight excluding hydrogens is 488 g/mol. The van der Waals surface area contributed by atoms with Gasteiger partial charge in [-0.25, -0.2) is 5.43 Å². The Morgan fingerprint density at radius 2 is 1.93 bits per heavy atom. The first kappa shape index (κ1) is 22.3. The number of carbonyl (C=O) groups excluding carboxylic acids is 1. The minimum absolute atomic E-state index is 0.195. The molecule has 0 aliphatic carbocycles. The molecule has 10 heteroatoms. The zero-order valence-electron chi connectivity index (χ0n) is 16.2. The SMILES string of the molecule is CCn1c(CNc2ccc(Cl)cc2)nnc1SCC(=O)N/N=C/c1ccc(Br)cc1. The van der Waals surface area contributed by atoms with Gasteiger partial charge in [0.15, 0.2) is 11.0 Å². The highest BCUT2D eigenvalue weighted by atomic mass is 79.9. The molecule has 1 heterocycles. The van der Waals surface area contributed by atoms with Gasteiger partial charge in [-0.05, 0) is 48.9 Å². The summed E-state index contributed by atoms with van der Waals surface area (Å²) in [6.45, 7) is 3.24. The van der Waals surface area contributed by atoms with E-state index in [2.05, 4.69) is 42.0 Å². The lowest BCUT2D eigenvalue weighted by atomic mass is 10.2. The summed E-state index contributed by atoms with van der Waals surface area (Å²) in [5.41, 5.74) is 4.37. The van der Waals surface area contributed by atoms with Crippen LogP contribution in [0.1, 0.15) is 18.3 Å². The Hall–Kier alpha value is -2.36. The third-order valence-electron chi connectivity index (χ3n) is 4.01. The monoisotopic (exact) mass is 506 g/mol. The minimum Gasteiger partial charge on any atom is -0.378 e. The number of carbonyl (C=O) groups is 1. The van der Waals surface area contributed by atoms with Crippen LogP contribution in [-0.2, 0) is 17.9 Å². The fourth-order valence-electron chi connectivity index (χ4n) is 2.51. The first-order valence-corrected chi connectivity index (χ1v) is 11.3. The number of halogens is 2. The molecule has 30 heavy (non-hydrogen) atoms. The van der Waals surface area contributed by atoms with Gasteiger partial charge in [-0.15, -0.1) is 10.2 Å². The Balaban J connectivity index is 1.50. The molecule has 0 radical (unpaired) electrons. The average Bonchev–Trinajstić information content (AvgIpc) is 3.15. The van der Waals surface area contributed by atoms with Crippen LogP contribution in [0.5, 0.6) is 0 Å². The van der Waals surface area contributed by atoms with Gasteiger partial charge in [0.2, 0.25) is 0 Å². The maximum atomic E-state index is 12.1. The summed E-state index contributed by atoms with van der Waals surface area (Å²) in [5.74, 6) is 0.781. The lowest BCUT2D eigenvalue weighted by Crippen LogP contribution is -2.20. The molecule has 0 saturated carbocycles. The maximum Gasteiger partial charge on any atom is 0.250 e. The number of nitrogens with one attached hydrogen (secondary N) is 2. The van der Waals surface area contributed by atoms with E-state index >= 15 is 0 Å². The van der Waals surface area contributed by atoms with Crippen molar-refractivity contribution in [2.24, 2.45) is 5.10 Å². The molecule has 7 nitrogen and oxygen atoms in total. The van der Waals surface area contributed by atoms with Crippen molar-refractivity contribution in [1.82, 2.24) is 20.2 Å². The van der Waals surface area contributed by atoms with Crippen LogP contribution >= 0.6 is 39.3 Å². The summed E-state index contributed by atoms with van der Waals surface area (Å²) in [6, 6.07) is 15.1. The summed E-state index contributed by atoms with van der Waals surface area (Å²) in [7, 11) is 0. The second-order valence-corrected chi connectivity index (χ2v) is 8.43. The molecule has 0 atom stereocenters. The zero-order valence-corrected chi connectivity index (χ0v) is 19.3. The molecule has 0 aliphatic rings. The highest BCUT2D eigenvalue weighted by molar-refractivity contribution is 9.10. The molecule has 1 amide bonds. The highest BCUT2D eigenvalue weighted by Gasteiger charge is 2.13. The van der Waals surface area contributed by atoms with Crippen molar-refractivity contribution < 1.29 is 4.79 Å². The molecule has 0 bridgehead atoms. The van der Waals surface area contributed by atoms with Gasteiger partial charge >= 0.3 is 0 Å². The van der Waals surface area contributed by atoms with Gasteiger partial charge in [0.05, 0.1) is 18.5 Å². The lowest BCUT2D eigenvalue weighted by Gasteiger charge is -2.09. The van der Waals surface area contributed by atoms with Crippen LogP contribution in [0.25, 0.3) is 0 Å². The van der Waals surface area contributed by atoms with E-state index in [4.69, 9.17) is 11.6 Å². The second kappa shape index (κ2) is 11.1. The summed E-state index contributed by atoms with van der Waals surface area (Å²) in [6.07, 6.45) is 1.60. The molecule has 2 aromatic carbocycles. The first-order valence-electron chi connectivity index (χ1n) is 9.17. The first-order chi connectivity index (χ1) is 14.5. The van der Waals surface area contributed by atoms with Crippen molar-refractivity contribution in [3.05, 3.63) is 69.4 Å². The standard InChI is InChI=1S/C20H20BrClN6OS/c1-2-28-18(12-23-17-9-7-16(22)8-10-17)25-27-20(28)30-13-19(29)26-24-11-14-3-5-15(21)6-4-14/h3-11,23H,2,12-13H2,1H3,(H,26,29)/b24-11+. The molecule has 156 valence electrons. The Labute approximate surface area is 192 Å². The van der Waals surface area contributed by atoms with Crippen molar-refractivity contribution in [3.63, 3.8) is 0 Å². The van der Waals surface area contributed by atoms with Crippen molar-refractivity contribution in [1.29, 1.82) is 0 Å². The molecule has 0 spiro atoms. The van der Waals surface area contributed by atoms with Gasteiger partial charge < -0.3 is 9.88 Å². The normalized spacial score (nSPS) is 11.0. The Morgan fingerprint density at radius 1 is 1.20 bits per heavy atom.